The van der Waals surface area contributed by atoms with Gasteiger partial charge in [-0.15, -0.1) is 11.3 Å². The number of rotatable bonds is 1. The quantitative estimate of drug-likeness (QED) is 0.837. The van der Waals surface area contributed by atoms with Crippen molar-refractivity contribution in [3.05, 3.63) is 51.7 Å². The summed E-state index contributed by atoms with van der Waals surface area (Å²) in [5, 5.41) is 2.90. The van der Waals surface area contributed by atoms with Gasteiger partial charge in [-0.3, -0.25) is 9.79 Å². The van der Waals surface area contributed by atoms with Crippen molar-refractivity contribution in [2.24, 2.45) is 4.99 Å². The van der Waals surface area contributed by atoms with Gasteiger partial charge in [-0.1, -0.05) is 30.3 Å². The van der Waals surface area contributed by atoms with E-state index in [4.69, 9.17) is 0 Å². The molecule has 0 aliphatic carbocycles. The molecule has 3 rings (SSSR count). The summed E-state index contributed by atoms with van der Waals surface area (Å²) >= 11 is 1.66. The second-order valence-electron chi connectivity index (χ2n) is 4.18. The second-order valence-corrected chi connectivity index (χ2v) is 5.44. The number of aryl methyl sites for hydroxylation is 1. The van der Waals surface area contributed by atoms with Crippen LogP contribution in [-0.2, 0) is 4.79 Å². The van der Waals surface area contributed by atoms with Crippen molar-refractivity contribution < 1.29 is 4.79 Å². The molecule has 0 saturated heterocycles. The molecule has 0 bridgehead atoms. The molecule has 2 heterocycles. The molecular formula is C14H12N2OS. The van der Waals surface area contributed by atoms with Gasteiger partial charge >= 0.3 is 0 Å². The minimum atomic E-state index is -0.0556. The first-order chi connectivity index (χ1) is 8.74. The number of fused-ring (bicyclic) bond motifs is 1. The van der Waals surface area contributed by atoms with E-state index < -0.39 is 0 Å². The van der Waals surface area contributed by atoms with Crippen LogP contribution in [0.2, 0.25) is 0 Å². The first-order valence-electron chi connectivity index (χ1n) is 5.74. The third-order valence-corrected chi connectivity index (χ3v) is 3.83. The highest BCUT2D eigenvalue weighted by atomic mass is 32.1. The van der Waals surface area contributed by atoms with Gasteiger partial charge in [0.25, 0.3) is 0 Å². The van der Waals surface area contributed by atoms with Crippen molar-refractivity contribution in [1.29, 1.82) is 0 Å². The fourth-order valence-corrected chi connectivity index (χ4v) is 3.01. The molecule has 1 aromatic heterocycles. The van der Waals surface area contributed by atoms with Crippen LogP contribution in [0.5, 0.6) is 0 Å². The second kappa shape index (κ2) is 4.38. The summed E-state index contributed by atoms with van der Waals surface area (Å²) in [4.78, 5) is 18.3. The molecule has 1 aromatic carbocycles. The maximum absolute atomic E-state index is 11.6. The summed E-state index contributed by atoms with van der Waals surface area (Å²) in [6, 6.07) is 12.0. The predicted octanol–water partition coefficient (Wildman–Crippen LogP) is 2.85. The van der Waals surface area contributed by atoms with Crippen molar-refractivity contribution in [3.8, 4) is 0 Å². The third kappa shape index (κ3) is 1.95. The first kappa shape index (κ1) is 11.2. The highest BCUT2D eigenvalue weighted by Gasteiger charge is 2.19. The summed E-state index contributed by atoms with van der Waals surface area (Å²) in [6.07, 6.45) is 0. The van der Waals surface area contributed by atoms with Gasteiger partial charge in [0.1, 0.15) is 6.54 Å². The van der Waals surface area contributed by atoms with Crippen LogP contribution in [0.15, 0.2) is 41.4 Å². The van der Waals surface area contributed by atoms with Crippen molar-refractivity contribution in [3.63, 3.8) is 0 Å². The topological polar surface area (TPSA) is 41.5 Å². The van der Waals surface area contributed by atoms with E-state index >= 15 is 0 Å². The highest BCUT2D eigenvalue weighted by Crippen LogP contribution is 2.30. The number of hydrogen-bond donors (Lipinski definition) is 1. The number of nitrogens with one attached hydrogen (secondary N) is 1. The molecule has 1 N–H and O–H groups in total. The monoisotopic (exact) mass is 256 g/mol. The highest BCUT2D eigenvalue weighted by molar-refractivity contribution is 7.15. The van der Waals surface area contributed by atoms with Crippen LogP contribution in [0.3, 0.4) is 0 Å². The van der Waals surface area contributed by atoms with Crippen LogP contribution in [0.4, 0.5) is 5.69 Å². The van der Waals surface area contributed by atoms with Gasteiger partial charge < -0.3 is 5.32 Å². The van der Waals surface area contributed by atoms with E-state index in [1.165, 1.54) is 4.88 Å². The Labute approximate surface area is 109 Å². The lowest BCUT2D eigenvalue weighted by molar-refractivity contribution is -0.114. The fraction of sp³-hybridized carbons (Fsp3) is 0.143. The maximum Gasteiger partial charge on any atom is 0.246 e. The van der Waals surface area contributed by atoms with Gasteiger partial charge in [0.15, 0.2) is 0 Å². The molecule has 2 aromatic rings. The average Bonchev–Trinajstić information content (AvgIpc) is 2.64. The summed E-state index contributed by atoms with van der Waals surface area (Å²) in [7, 11) is 0. The number of carbonyl (C=O) groups is 1. The number of thiophene rings is 1. The first-order valence-corrected chi connectivity index (χ1v) is 6.56. The van der Waals surface area contributed by atoms with Crippen molar-refractivity contribution in [2.45, 2.75) is 6.92 Å². The van der Waals surface area contributed by atoms with E-state index in [1.54, 1.807) is 11.3 Å². The third-order valence-electron chi connectivity index (χ3n) is 2.77. The van der Waals surface area contributed by atoms with Crippen LogP contribution in [0, 0.1) is 6.92 Å². The lowest BCUT2D eigenvalue weighted by Gasteiger charge is -2.04. The van der Waals surface area contributed by atoms with Gasteiger partial charge in [0, 0.05) is 10.4 Å². The van der Waals surface area contributed by atoms with Crippen LogP contribution in [0.25, 0.3) is 0 Å². The molecule has 3 nitrogen and oxygen atoms in total. The lowest BCUT2D eigenvalue weighted by atomic mass is 10.1. The Balaban J connectivity index is 2.16. The summed E-state index contributed by atoms with van der Waals surface area (Å²) < 4.78 is 0. The number of nitrogens with zero attached hydrogens (tertiary/aromatic N) is 1. The molecule has 0 spiro atoms. The summed E-state index contributed by atoms with van der Waals surface area (Å²) in [6.45, 7) is 2.22. The number of carbonyl (C=O) groups excluding carboxylic acids is 1. The predicted molar refractivity (Wildman–Crippen MR) is 74.6 cm³/mol. The Morgan fingerprint density at radius 3 is 2.83 bits per heavy atom. The van der Waals surface area contributed by atoms with Crippen LogP contribution >= 0.6 is 11.3 Å². The fourth-order valence-electron chi connectivity index (χ4n) is 2.01. The Morgan fingerprint density at radius 1 is 1.28 bits per heavy atom. The van der Waals surface area contributed by atoms with Gasteiger partial charge in [-0.2, -0.15) is 0 Å². The van der Waals surface area contributed by atoms with Gasteiger partial charge in [0.2, 0.25) is 5.91 Å². The molecule has 1 aliphatic rings. The molecule has 18 heavy (non-hydrogen) atoms. The van der Waals surface area contributed by atoms with E-state index in [2.05, 4.69) is 10.3 Å². The van der Waals surface area contributed by atoms with Crippen LogP contribution in [0.1, 0.15) is 15.3 Å². The molecule has 90 valence electrons. The standard InChI is InChI=1S/C14H12N2OS/c1-9-7-11-14(18-9)13(15-8-12(17)16-11)10-5-3-2-4-6-10/h2-7H,8H2,1H3,(H,16,17). The zero-order valence-electron chi connectivity index (χ0n) is 9.93. The van der Waals surface area contributed by atoms with E-state index in [0.29, 0.717) is 0 Å². The Kier molecular flexibility index (Phi) is 2.72. The number of hydrogen-bond acceptors (Lipinski definition) is 3. The molecule has 0 atom stereocenters. The van der Waals surface area contributed by atoms with Gasteiger partial charge in [-0.25, -0.2) is 0 Å². The van der Waals surface area contributed by atoms with E-state index in [1.807, 2.05) is 43.3 Å². The molecular weight excluding hydrogens is 244 g/mol. The summed E-state index contributed by atoms with van der Waals surface area (Å²) in [5.41, 5.74) is 2.83. The number of anilines is 1. The van der Waals surface area contributed by atoms with E-state index in [0.717, 1.165) is 21.8 Å². The zero-order valence-corrected chi connectivity index (χ0v) is 10.8. The van der Waals surface area contributed by atoms with Crippen molar-refractivity contribution in [2.75, 3.05) is 11.9 Å². The average molecular weight is 256 g/mol. The molecule has 0 radical (unpaired) electrons. The Morgan fingerprint density at radius 2 is 2.06 bits per heavy atom. The van der Waals surface area contributed by atoms with Crippen LogP contribution in [-0.4, -0.2) is 18.2 Å². The zero-order chi connectivity index (χ0) is 12.5. The molecule has 0 fully saturated rings. The van der Waals surface area contributed by atoms with Crippen molar-refractivity contribution in [1.82, 2.24) is 0 Å². The SMILES string of the molecule is Cc1cc2c(s1)C(c1ccccc1)=NCC(=O)N2. The molecule has 1 amide bonds. The smallest absolute Gasteiger partial charge is 0.246 e. The Bertz CT molecular complexity index is 628. The van der Waals surface area contributed by atoms with E-state index in [-0.39, 0.29) is 12.5 Å². The van der Waals surface area contributed by atoms with E-state index in [9.17, 15) is 4.79 Å². The molecule has 4 heteroatoms. The molecule has 1 aliphatic heterocycles. The minimum Gasteiger partial charge on any atom is -0.323 e. The number of aliphatic imine (C=N–C) groups is 1. The number of amides is 1. The molecule has 0 saturated carbocycles. The lowest BCUT2D eigenvalue weighted by Crippen LogP contribution is -2.12. The van der Waals surface area contributed by atoms with Crippen molar-refractivity contribution >= 4 is 28.6 Å². The maximum atomic E-state index is 11.6. The molecule has 0 unspecified atom stereocenters. The minimum absolute atomic E-state index is 0.0556. The largest absolute Gasteiger partial charge is 0.323 e. The normalized spacial score (nSPS) is 14.5. The Hall–Kier alpha value is -1.94. The van der Waals surface area contributed by atoms with Gasteiger partial charge in [0.05, 0.1) is 16.3 Å². The number of benzene rings is 1. The summed E-state index contributed by atoms with van der Waals surface area (Å²) in [5.74, 6) is -0.0556. The van der Waals surface area contributed by atoms with Crippen LogP contribution < -0.4 is 5.32 Å². The van der Waals surface area contributed by atoms with Gasteiger partial charge in [-0.05, 0) is 13.0 Å².